The molecule has 1 aliphatic rings. The molecule has 1 saturated heterocycles. The molecule has 6 nitrogen and oxygen atoms in total. The molecule has 1 aliphatic heterocycles. The highest BCUT2D eigenvalue weighted by Gasteiger charge is 2.30. The first-order valence-corrected chi connectivity index (χ1v) is 11.7. The van der Waals surface area contributed by atoms with Gasteiger partial charge in [-0.25, -0.2) is 0 Å². The van der Waals surface area contributed by atoms with E-state index in [2.05, 4.69) is 47.5 Å². The maximum absolute atomic E-state index is 13.0. The molecule has 1 aromatic heterocycles. The van der Waals surface area contributed by atoms with Gasteiger partial charge in [-0.15, -0.1) is 0 Å². The van der Waals surface area contributed by atoms with Gasteiger partial charge in [0.1, 0.15) is 5.75 Å². The Kier molecular flexibility index (Phi) is 7.14. The van der Waals surface area contributed by atoms with Gasteiger partial charge >= 0.3 is 0 Å². The van der Waals surface area contributed by atoms with Gasteiger partial charge in [-0.3, -0.25) is 14.4 Å². The van der Waals surface area contributed by atoms with E-state index in [4.69, 9.17) is 4.74 Å². The number of hydrogen-bond acceptors (Lipinski definition) is 4. The number of nitrogens with zero attached hydrogens (tertiary/aromatic N) is 3. The van der Waals surface area contributed by atoms with Gasteiger partial charge in [-0.1, -0.05) is 24.3 Å². The van der Waals surface area contributed by atoms with Crippen LogP contribution < -0.4 is 10.1 Å². The summed E-state index contributed by atoms with van der Waals surface area (Å²) in [7, 11) is 3.86. The first kappa shape index (κ1) is 23.1. The van der Waals surface area contributed by atoms with Crippen LogP contribution in [0.1, 0.15) is 51.8 Å². The third-order valence-electron chi connectivity index (χ3n) is 6.61. The molecule has 0 radical (unpaired) electrons. The second-order valence-electron chi connectivity index (χ2n) is 9.10. The van der Waals surface area contributed by atoms with Crippen molar-refractivity contribution in [2.45, 2.75) is 39.3 Å². The first-order chi connectivity index (χ1) is 15.9. The maximum atomic E-state index is 13.0. The second-order valence-corrected chi connectivity index (χ2v) is 9.10. The lowest BCUT2D eigenvalue weighted by atomic mass is 9.85. The second kappa shape index (κ2) is 10.2. The van der Waals surface area contributed by atoms with E-state index in [-0.39, 0.29) is 11.9 Å². The molecular weight excluding hydrogens is 412 g/mol. The maximum Gasteiger partial charge on any atom is 0.251 e. The Morgan fingerprint density at radius 1 is 1.15 bits per heavy atom. The van der Waals surface area contributed by atoms with Crippen molar-refractivity contribution in [1.82, 2.24) is 20.0 Å². The van der Waals surface area contributed by atoms with Gasteiger partial charge in [-0.05, 0) is 87.7 Å². The van der Waals surface area contributed by atoms with Gasteiger partial charge in [0.15, 0.2) is 0 Å². The summed E-state index contributed by atoms with van der Waals surface area (Å²) in [6.45, 7) is 6.43. The zero-order valence-corrected chi connectivity index (χ0v) is 20.0. The molecule has 6 heteroatoms. The normalized spacial score (nSPS) is 18.8. The quantitative estimate of drug-likeness (QED) is 0.586. The fraction of sp³-hybridized carbons (Fsp3) is 0.407. The van der Waals surface area contributed by atoms with Crippen molar-refractivity contribution in [1.29, 1.82) is 0 Å². The Hall–Kier alpha value is -3.12. The highest BCUT2D eigenvalue weighted by molar-refractivity contribution is 5.94. The molecule has 33 heavy (non-hydrogen) atoms. The summed E-state index contributed by atoms with van der Waals surface area (Å²) >= 11 is 0. The van der Waals surface area contributed by atoms with Gasteiger partial charge in [0.25, 0.3) is 5.91 Å². The van der Waals surface area contributed by atoms with Crippen molar-refractivity contribution in [3.63, 3.8) is 0 Å². The van der Waals surface area contributed by atoms with E-state index >= 15 is 0 Å². The highest BCUT2D eigenvalue weighted by Crippen LogP contribution is 2.35. The number of aromatic nitrogens is 2. The van der Waals surface area contributed by atoms with Crippen LogP contribution in [0.25, 0.3) is 0 Å². The standard InChI is InChI=1S/C27H34N4O2/c1-19-15-20(2)31(29-19)18-21-7-5-8-23(16-21)27(32)28-17-24-9-6-14-30(3)26(24)22-10-12-25(33-4)13-11-22/h5,7-8,10-13,15-16,24,26H,6,9,14,17-18H2,1-4H3,(H,28,32). The van der Waals surface area contributed by atoms with E-state index in [9.17, 15) is 4.79 Å². The fourth-order valence-corrected chi connectivity index (χ4v) is 4.95. The molecule has 0 saturated carbocycles. The van der Waals surface area contributed by atoms with Crippen molar-refractivity contribution in [3.8, 4) is 5.75 Å². The largest absolute Gasteiger partial charge is 0.497 e. The molecule has 0 spiro atoms. The predicted molar refractivity (Wildman–Crippen MR) is 131 cm³/mol. The zero-order chi connectivity index (χ0) is 23.4. The Labute approximate surface area is 196 Å². The number of likely N-dealkylation sites (tertiary alicyclic amines) is 1. The summed E-state index contributed by atoms with van der Waals surface area (Å²) in [5, 5.41) is 7.74. The van der Waals surface area contributed by atoms with Gasteiger partial charge in [0.2, 0.25) is 0 Å². The molecule has 2 aromatic carbocycles. The van der Waals surface area contributed by atoms with E-state index in [1.54, 1.807) is 7.11 Å². The SMILES string of the molecule is COc1ccc(C2C(CNC(=O)c3cccc(Cn4nc(C)cc4C)c3)CCCN2C)cc1. The van der Waals surface area contributed by atoms with Crippen molar-refractivity contribution in [3.05, 3.63) is 82.7 Å². The minimum Gasteiger partial charge on any atom is -0.497 e. The van der Waals surface area contributed by atoms with Crippen LogP contribution in [0.15, 0.2) is 54.6 Å². The summed E-state index contributed by atoms with van der Waals surface area (Å²) < 4.78 is 7.29. The molecule has 2 heterocycles. The Balaban J connectivity index is 1.43. The lowest BCUT2D eigenvalue weighted by molar-refractivity contribution is 0.0891. The van der Waals surface area contributed by atoms with Crippen LogP contribution in [-0.2, 0) is 6.54 Å². The van der Waals surface area contributed by atoms with Crippen LogP contribution in [-0.4, -0.2) is 47.8 Å². The monoisotopic (exact) mass is 446 g/mol. The molecule has 1 fully saturated rings. The van der Waals surface area contributed by atoms with Crippen LogP contribution in [0.5, 0.6) is 5.75 Å². The molecule has 1 N–H and O–H groups in total. The Bertz CT molecular complexity index is 1090. The van der Waals surface area contributed by atoms with Crippen LogP contribution in [0.2, 0.25) is 0 Å². The topological polar surface area (TPSA) is 59.4 Å². The fourth-order valence-electron chi connectivity index (χ4n) is 4.95. The van der Waals surface area contributed by atoms with Crippen LogP contribution in [0.4, 0.5) is 0 Å². The lowest BCUT2D eigenvalue weighted by Crippen LogP contribution is -2.41. The Morgan fingerprint density at radius 2 is 1.94 bits per heavy atom. The predicted octanol–water partition coefficient (Wildman–Crippen LogP) is 4.37. The first-order valence-electron chi connectivity index (χ1n) is 11.7. The van der Waals surface area contributed by atoms with Crippen molar-refractivity contribution >= 4 is 5.91 Å². The number of benzene rings is 2. The van der Waals surface area contributed by atoms with E-state index in [0.29, 0.717) is 24.6 Å². The molecule has 2 unspecified atom stereocenters. The Morgan fingerprint density at radius 3 is 2.64 bits per heavy atom. The van der Waals surface area contributed by atoms with Crippen molar-refractivity contribution < 1.29 is 9.53 Å². The molecule has 3 aromatic rings. The van der Waals surface area contributed by atoms with Gasteiger partial charge in [0.05, 0.1) is 19.3 Å². The minimum atomic E-state index is -0.0214. The van der Waals surface area contributed by atoms with E-state index in [1.165, 1.54) is 5.56 Å². The number of carbonyl (C=O) groups is 1. The molecule has 4 rings (SSSR count). The molecule has 2 atom stereocenters. The zero-order valence-electron chi connectivity index (χ0n) is 20.0. The van der Waals surface area contributed by atoms with E-state index in [1.807, 2.05) is 48.0 Å². The van der Waals surface area contributed by atoms with E-state index in [0.717, 1.165) is 42.1 Å². The van der Waals surface area contributed by atoms with Gasteiger partial charge in [-0.2, -0.15) is 5.10 Å². The summed E-state index contributed by atoms with van der Waals surface area (Å²) in [6, 6.07) is 18.5. The van der Waals surface area contributed by atoms with E-state index < -0.39 is 0 Å². The molecule has 174 valence electrons. The van der Waals surface area contributed by atoms with Crippen LogP contribution in [0, 0.1) is 19.8 Å². The van der Waals surface area contributed by atoms with Crippen LogP contribution >= 0.6 is 0 Å². The third kappa shape index (κ3) is 5.45. The molecule has 0 aliphatic carbocycles. The van der Waals surface area contributed by atoms with Gasteiger partial charge in [0, 0.05) is 23.8 Å². The molecule has 1 amide bonds. The smallest absolute Gasteiger partial charge is 0.251 e. The van der Waals surface area contributed by atoms with Crippen molar-refractivity contribution in [2.75, 3.05) is 27.2 Å². The van der Waals surface area contributed by atoms with Crippen molar-refractivity contribution in [2.24, 2.45) is 5.92 Å². The van der Waals surface area contributed by atoms with Gasteiger partial charge < -0.3 is 10.1 Å². The summed E-state index contributed by atoms with van der Waals surface area (Å²) in [4.78, 5) is 15.4. The number of aryl methyl sites for hydroxylation is 2. The molecular formula is C27H34N4O2. The summed E-state index contributed by atoms with van der Waals surface area (Å²) in [5.74, 6) is 1.20. The number of carbonyl (C=O) groups excluding carboxylic acids is 1. The minimum absolute atomic E-state index is 0.0214. The molecule has 0 bridgehead atoms. The number of piperidine rings is 1. The number of amides is 1. The number of methoxy groups -OCH3 is 1. The number of rotatable bonds is 7. The summed E-state index contributed by atoms with van der Waals surface area (Å²) in [5.41, 5.74) is 5.16. The van der Waals surface area contributed by atoms with Crippen LogP contribution in [0.3, 0.4) is 0 Å². The lowest BCUT2D eigenvalue weighted by Gasteiger charge is -2.39. The average molecular weight is 447 g/mol. The highest BCUT2D eigenvalue weighted by atomic mass is 16.5. The number of hydrogen-bond donors (Lipinski definition) is 1. The average Bonchev–Trinajstić information content (AvgIpc) is 3.14. The third-order valence-corrected chi connectivity index (χ3v) is 6.61. The number of nitrogens with one attached hydrogen (secondary N) is 1. The summed E-state index contributed by atoms with van der Waals surface area (Å²) in [6.07, 6.45) is 2.24. The number of ether oxygens (including phenoxy) is 1.